The molecular formula is C16H20N2O2S. The Labute approximate surface area is 125 Å². The number of nitrogens with zero attached hydrogens (tertiary/aromatic N) is 2. The second-order valence-corrected chi connectivity index (χ2v) is 7.66. The molecule has 1 aliphatic rings. The average Bonchev–Trinajstić information content (AvgIpc) is 2.46. The molecule has 3 rings (SSSR count). The number of pyridine rings is 1. The first-order valence-corrected chi connectivity index (χ1v) is 8.81. The summed E-state index contributed by atoms with van der Waals surface area (Å²) in [5.41, 5.74) is 1.60. The van der Waals surface area contributed by atoms with Gasteiger partial charge in [-0.15, -0.1) is 0 Å². The summed E-state index contributed by atoms with van der Waals surface area (Å²) >= 11 is 0. The van der Waals surface area contributed by atoms with E-state index in [1.807, 2.05) is 26.0 Å². The zero-order valence-electron chi connectivity index (χ0n) is 12.4. The number of rotatable bonds is 2. The van der Waals surface area contributed by atoms with Crippen molar-refractivity contribution >= 4 is 20.9 Å². The van der Waals surface area contributed by atoms with Crippen molar-refractivity contribution in [3.63, 3.8) is 0 Å². The number of para-hydroxylation sites is 1. The Morgan fingerprint density at radius 2 is 2.10 bits per heavy atom. The SMILES string of the molecule is Cc1cnc2c(S(=O)(=O)N3CCCC[C@@H]3C)cccc2c1. The maximum absolute atomic E-state index is 13.0. The number of sulfonamides is 1. The van der Waals surface area contributed by atoms with Gasteiger partial charge < -0.3 is 0 Å². The van der Waals surface area contributed by atoms with E-state index in [-0.39, 0.29) is 6.04 Å². The van der Waals surface area contributed by atoms with Crippen LogP contribution in [0.25, 0.3) is 10.9 Å². The van der Waals surface area contributed by atoms with Gasteiger partial charge in [-0.2, -0.15) is 4.31 Å². The van der Waals surface area contributed by atoms with Crippen molar-refractivity contribution < 1.29 is 8.42 Å². The van der Waals surface area contributed by atoms with Crippen LogP contribution in [0.5, 0.6) is 0 Å². The minimum Gasteiger partial charge on any atom is -0.255 e. The molecule has 1 aliphatic heterocycles. The molecule has 21 heavy (non-hydrogen) atoms. The number of aryl methyl sites for hydroxylation is 1. The zero-order valence-corrected chi connectivity index (χ0v) is 13.2. The van der Waals surface area contributed by atoms with Crippen molar-refractivity contribution in [2.45, 2.75) is 44.0 Å². The molecule has 1 aromatic heterocycles. The van der Waals surface area contributed by atoms with Gasteiger partial charge in [0.1, 0.15) is 4.90 Å². The van der Waals surface area contributed by atoms with Crippen LogP contribution in [0.3, 0.4) is 0 Å². The van der Waals surface area contributed by atoms with Gasteiger partial charge in [0.2, 0.25) is 10.0 Å². The van der Waals surface area contributed by atoms with Gasteiger partial charge in [-0.3, -0.25) is 4.98 Å². The van der Waals surface area contributed by atoms with Gasteiger partial charge in [0.25, 0.3) is 0 Å². The minimum absolute atomic E-state index is 0.0597. The maximum atomic E-state index is 13.0. The first-order valence-electron chi connectivity index (χ1n) is 7.37. The summed E-state index contributed by atoms with van der Waals surface area (Å²) in [6.45, 7) is 4.55. The molecule has 2 heterocycles. The van der Waals surface area contributed by atoms with E-state index in [1.165, 1.54) is 0 Å². The smallest absolute Gasteiger partial charge is 0.245 e. The van der Waals surface area contributed by atoms with Crippen molar-refractivity contribution in [2.24, 2.45) is 0 Å². The third-order valence-corrected chi connectivity index (χ3v) is 6.18. The van der Waals surface area contributed by atoms with E-state index in [4.69, 9.17) is 0 Å². The summed E-state index contributed by atoms with van der Waals surface area (Å²) in [7, 11) is -3.48. The van der Waals surface area contributed by atoms with Gasteiger partial charge in [0.05, 0.1) is 5.52 Å². The molecule has 0 unspecified atom stereocenters. The second-order valence-electron chi connectivity index (χ2n) is 5.80. The molecule has 0 saturated carbocycles. The predicted molar refractivity (Wildman–Crippen MR) is 83.7 cm³/mol. The largest absolute Gasteiger partial charge is 0.255 e. The number of aromatic nitrogens is 1. The lowest BCUT2D eigenvalue weighted by Gasteiger charge is -2.32. The summed E-state index contributed by atoms with van der Waals surface area (Å²) in [4.78, 5) is 4.69. The number of hydrogen-bond donors (Lipinski definition) is 0. The third-order valence-electron chi connectivity index (χ3n) is 4.14. The summed E-state index contributed by atoms with van der Waals surface area (Å²) in [6, 6.07) is 7.41. The Hall–Kier alpha value is -1.46. The second kappa shape index (κ2) is 5.39. The molecule has 1 atom stereocenters. The number of fused-ring (bicyclic) bond motifs is 1. The molecule has 4 nitrogen and oxygen atoms in total. The standard InChI is InChI=1S/C16H20N2O2S/c1-12-10-14-7-5-8-15(16(14)17-11-12)21(19,20)18-9-4-3-6-13(18)2/h5,7-8,10-11,13H,3-4,6,9H2,1-2H3/t13-/m0/s1. The van der Waals surface area contributed by atoms with Crippen LogP contribution >= 0.6 is 0 Å². The van der Waals surface area contributed by atoms with Gasteiger partial charge in [-0.25, -0.2) is 8.42 Å². The highest BCUT2D eigenvalue weighted by atomic mass is 32.2. The fourth-order valence-corrected chi connectivity index (χ4v) is 4.87. The van der Waals surface area contributed by atoms with E-state index in [0.717, 1.165) is 30.2 Å². The summed E-state index contributed by atoms with van der Waals surface area (Å²) in [6.07, 6.45) is 4.68. The van der Waals surface area contributed by atoms with Crippen molar-refractivity contribution in [1.82, 2.24) is 9.29 Å². The molecule has 0 radical (unpaired) electrons. The Kier molecular flexibility index (Phi) is 3.71. The first kappa shape index (κ1) is 14.5. The van der Waals surface area contributed by atoms with Crippen molar-refractivity contribution in [2.75, 3.05) is 6.54 Å². The lowest BCUT2D eigenvalue weighted by atomic mass is 10.1. The average molecular weight is 304 g/mol. The van der Waals surface area contributed by atoms with E-state index >= 15 is 0 Å². The molecule has 0 spiro atoms. The van der Waals surface area contributed by atoms with E-state index in [1.54, 1.807) is 22.6 Å². The Balaban J connectivity index is 2.15. The number of piperidine rings is 1. The highest BCUT2D eigenvalue weighted by molar-refractivity contribution is 7.89. The Morgan fingerprint density at radius 1 is 1.29 bits per heavy atom. The third kappa shape index (κ3) is 2.56. The van der Waals surface area contributed by atoms with Gasteiger partial charge in [0, 0.05) is 24.2 Å². The molecule has 2 aromatic rings. The van der Waals surface area contributed by atoms with Gasteiger partial charge in [0.15, 0.2) is 0 Å². The highest BCUT2D eigenvalue weighted by Crippen LogP contribution is 2.29. The van der Waals surface area contributed by atoms with E-state index in [9.17, 15) is 8.42 Å². The minimum atomic E-state index is -3.48. The Bertz CT molecular complexity index is 771. The molecule has 1 saturated heterocycles. The fourth-order valence-electron chi connectivity index (χ4n) is 3.01. The van der Waals surface area contributed by atoms with Crippen LogP contribution in [-0.4, -0.2) is 30.3 Å². The molecule has 0 amide bonds. The topological polar surface area (TPSA) is 50.3 Å². The van der Waals surface area contributed by atoms with Crippen LogP contribution in [0.1, 0.15) is 31.7 Å². The van der Waals surface area contributed by atoms with Crippen LogP contribution < -0.4 is 0 Å². The summed E-state index contributed by atoms with van der Waals surface area (Å²) in [5, 5.41) is 0.876. The highest BCUT2D eigenvalue weighted by Gasteiger charge is 2.32. The summed E-state index contributed by atoms with van der Waals surface area (Å²) < 4.78 is 27.6. The fraction of sp³-hybridized carbons (Fsp3) is 0.438. The molecule has 0 bridgehead atoms. The normalized spacial score (nSPS) is 20.8. The van der Waals surface area contributed by atoms with Crippen molar-refractivity contribution in [1.29, 1.82) is 0 Å². The lowest BCUT2D eigenvalue weighted by Crippen LogP contribution is -2.42. The number of benzene rings is 1. The number of hydrogen-bond acceptors (Lipinski definition) is 3. The van der Waals surface area contributed by atoms with Crippen LogP contribution in [0.2, 0.25) is 0 Å². The Morgan fingerprint density at radius 3 is 2.86 bits per heavy atom. The molecule has 1 aromatic carbocycles. The van der Waals surface area contributed by atoms with Crippen molar-refractivity contribution in [3.05, 3.63) is 36.0 Å². The van der Waals surface area contributed by atoms with E-state index in [0.29, 0.717) is 17.0 Å². The maximum Gasteiger partial charge on any atom is 0.245 e. The zero-order chi connectivity index (χ0) is 15.0. The van der Waals surface area contributed by atoms with E-state index in [2.05, 4.69) is 4.98 Å². The quantitative estimate of drug-likeness (QED) is 0.856. The molecule has 0 aliphatic carbocycles. The van der Waals surface area contributed by atoms with Crippen LogP contribution in [0.15, 0.2) is 35.4 Å². The summed E-state index contributed by atoms with van der Waals surface area (Å²) in [5.74, 6) is 0. The monoisotopic (exact) mass is 304 g/mol. The molecule has 0 N–H and O–H groups in total. The molecule has 1 fully saturated rings. The van der Waals surface area contributed by atoms with Crippen LogP contribution in [0.4, 0.5) is 0 Å². The van der Waals surface area contributed by atoms with Crippen molar-refractivity contribution in [3.8, 4) is 0 Å². The van der Waals surface area contributed by atoms with Crippen LogP contribution in [0, 0.1) is 6.92 Å². The molecule has 5 heteroatoms. The molecular weight excluding hydrogens is 284 g/mol. The molecule has 112 valence electrons. The van der Waals surface area contributed by atoms with Gasteiger partial charge >= 0.3 is 0 Å². The lowest BCUT2D eigenvalue weighted by molar-refractivity contribution is 0.269. The van der Waals surface area contributed by atoms with Gasteiger partial charge in [-0.1, -0.05) is 18.6 Å². The van der Waals surface area contributed by atoms with E-state index < -0.39 is 10.0 Å². The predicted octanol–water partition coefficient (Wildman–Crippen LogP) is 3.11. The first-order chi connectivity index (χ1) is 10.00. The van der Waals surface area contributed by atoms with Gasteiger partial charge in [-0.05, 0) is 44.4 Å². The van der Waals surface area contributed by atoms with Crippen LogP contribution in [-0.2, 0) is 10.0 Å².